The van der Waals surface area contributed by atoms with Gasteiger partial charge in [-0.3, -0.25) is 4.79 Å². The van der Waals surface area contributed by atoms with Gasteiger partial charge in [0.15, 0.2) is 0 Å². The first-order valence-corrected chi connectivity index (χ1v) is 6.51. The predicted octanol–water partition coefficient (Wildman–Crippen LogP) is 2.35. The van der Waals surface area contributed by atoms with E-state index in [2.05, 4.69) is 10.6 Å². The number of piperidine rings is 1. The summed E-state index contributed by atoms with van der Waals surface area (Å²) in [5.41, 5.74) is 2.23. The Morgan fingerprint density at radius 1 is 1.28 bits per heavy atom. The number of hydrogen-bond acceptors (Lipinski definition) is 2. The Hall–Kier alpha value is -1.42. The third-order valence-electron chi connectivity index (χ3n) is 4.06. The van der Waals surface area contributed by atoms with Gasteiger partial charge in [0.25, 0.3) is 0 Å². The molecule has 2 heterocycles. The molecule has 1 aromatic rings. The van der Waals surface area contributed by atoms with Gasteiger partial charge in [-0.1, -0.05) is 6.07 Å². The fraction of sp³-hybridized carbons (Fsp3) is 0.500. The number of carbonyl (C=O) groups excluding carboxylic acids is 1. The van der Waals surface area contributed by atoms with Gasteiger partial charge in [0.05, 0.1) is 11.6 Å². The van der Waals surface area contributed by atoms with Crippen molar-refractivity contribution in [2.24, 2.45) is 0 Å². The fourth-order valence-corrected chi connectivity index (χ4v) is 2.89. The molecule has 0 aliphatic carbocycles. The van der Waals surface area contributed by atoms with Crippen LogP contribution in [0.1, 0.15) is 42.7 Å². The van der Waals surface area contributed by atoms with Crippen LogP contribution in [0, 0.1) is 5.82 Å². The Kier molecular flexibility index (Phi) is 2.82. The van der Waals surface area contributed by atoms with E-state index in [4.69, 9.17) is 0 Å². The van der Waals surface area contributed by atoms with E-state index < -0.39 is 0 Å². The molecule has 1 fully saturated rings. The van der Waals surface area contributed by atoms with Crippen LogP contribution in [0.25, 0.3) is 0 Å². The lowest BCUT2D eigenvalue weighted by Gasteiger charge is -2.23. The summed E-state index contributed by atoms with van der Waals surface area (Å²) >= 11 is 0. The zero-order chi connectivity index (χ0) is 12.7. The Labute approximate surface area is 106 Å². The SMILES string of the molecule is CC1C(=O)Nc2c(F)cc(C3CCNCC3)cc21. The Morgan fingerprint density at radius 2 is 2.00 bits per heavy atom. The molecule has 0 spiro atoms. The van der Waals surface area contributed by atoms with Gasteiger partial charge in [0.2, 0.25) is 5.91 Å². The fourth-order valence-electron chi connectivity index (χ4n) is 2.89. The second-order valence-corrected chi connectivity index (χ2v) is 5.20. The molecule has 0 aromatic heterocycles. The Bertz CT molecular complexity index is 495. The molecule has 3 rings (SSSR count). The summed E-state index contributed by atoms with van der Waals surface area (Å²) in [6, 6.07) is 3.60. The number of halogens is 1. The molecular formula is C14H17FN2O. The lowest BCUT2D eigenvalue weighted by Crippen LogP contribution is -2.26. The quantitative estimate of drug-likeness (QED) is 0.801. The minimum absolute atomic E-state index is 0.105. The summed E-state index contributed by atoms with van der Waals surface area (Å²) in [5, 5.41) is 5.93. The van der Waals surface area contributed by atoms with Crippen molar-refractivity contribution >= 4 is 11.6 Å². The molecule has 0 radical (unpaired) electrons. The number of nitrogens with one attached hydrogen (secondary N) is 2. The molecule has 3 nitrogen and oxygen atoms in total. The second kappa shape index (κ2) is 4.35. The lowest BCUT2D eigenvalue weighted by atomic mass is 9.87. The van der Waals surface area contributed by atoms with Crippen LogP contribution in [0.5, 0.6) is 0 Å². The maximum absolute atomic E-state index is 14.0. The van der Waals surface area contributed by atoms with E-state index in [-0.39, 0.29) is 17.6 Å². The van der Waals surface area contributed by atoms with Crippen molar-refractivity contribution in [3.05, 3.63) is 29.1 Å². The summed E-state index contributed by atoms with van der Waals surface area (Å²) in [5.74, 6) is -0.227. The van der Waals surface area contributed by atoms with Gasteiger partial charge >= 0.3 is 0 Å². The number of fused-ring (bicyclic) bond motifs is 1. The standard InChI is InChI=1S/C14H17FN2O/c1-8-11-6-10(9-2-4-16-5-3-9)7-12(15)13(11)17-14(8)18/h6-9,16H,2-5H2,1H3,(H,17,18). The molecule has 1 aromatic carbocycles. The number of hydrogen-bond donors (Lipinski definition) is 2. The third kappa shape index (κ3) is 1.81. The van der Waals surface area contributed by atoms with Crippen LogP contribution in [0.3, 0.4) is 0 Å². The predicted molar refractivity (Wildman–Crippen MR) is 68.3 cm³/mol. The molecule has 1 unspecified atom stereocenters. The highest BCUT2D eigenvalue weighted by molar-refractivity contribution is 6.02. The molecule has 4 heteroatoms. The number of rotatable bonds is 1. The average Bonchev–Trinajstić information content (AvgIpc) is 2.68. The molecular weight excluding hydrogens is 231 g/mol. The highest BCUT2D eigenvalue weighted by atomic mass is 19.1. The van der Waals surface area contributed by atoms with Crippen LogP contribution in [-0.2, 0) is 4.79 Å². The zero-order valence-corrected chi connectivity index (χ0v) is 10.4. The van der Waals surface area contributed by atoms with E-state index in [1.54, 1.807) is 6.07 Å². The van der Waals surface area contributed by atoms with E-state index in [9.17, 15) is 9.18 Å². The van der Waals surface area contributed by atoms with Crippen molar-refractivity contribution < 1.29 is 9.18 Å². The minimum atomic E-state index is -0.293. The summed E-state index contributed by atoms with van der Waals surface area (Å²) < 4.78 is 14.0. The van der Waals surface area contributed by atoms with Crippen LogP contribution >= 0.6 is 0 Å². The largest absolute Gasteiger partial charge is 0.323 e. The third-order valence-corrected chi connectivity index (χ3v) is 4.06. The van der Waals surface area contributed by atoms with Crippen molar-refractivity contribution in [3.8, 4) is 0 Å². The molecule has 1 saturated heterocycles. The minimum Gasteiger partial charge on any atom is -0.323 e. The summed E-state index contributed by atoms with van der Waals surface area (Å²) in [4.78, 5) is 11.6. The Morgan fingerprint density at radius 3 is 2.72 bits per heavy atom. The molecule has 2 aliphatic heterocycles. The van der Waals surface area contributed by atoms with E-state index in [0.717, 1.165) is 37.1 Å². The zero-order valence-electron chi connectivity index (χ0n) is 10.4. The van der Waals surface area contributed by atoms with Crippen LogP contribution in [0.4, 0.5) is 10.1 Å². The van der Waals surface area contributed by atoms with E-state index in [0.29, 0.717) is 11.6 Å². The number of carbonyl (C=O) groups is 1. The molecule has 2 aliphatic rings. The highest BCUT2D eigenvalue weighted by Crippen LogP contribution is 2.38. The monoisotopic (exact) mass is 248 g/mol. The molecule has 0 saturated carbocycles. The van der Waals surface area contributed by atoms with Gasteiger partial charge < -0.3 is 10.6 Å². The first kappa shape index (κ1) is 11.7. The topological polar surface area (TPSA) is 41.1 Å². The maximum Gasteiger partial charge on any atom is 0.231 e. The van der Waals surface area contributed by atoms with Gasteiger partial charge in [-0.15, -0.1) is 0 Å². The summed E-state index contributed by atoms with van der Waals surface area (Å²) in [6.07, 6.45) is 2.07. The summed E-state index contributed by atoms with van der Waals surface area (Å²) in [7, 11) is 0. The average molecular weight is 248 g/mol. The van der Waals surface area contributed by atoms with Gasteiger partial charge in [-0.05, 0) is 56.0 Å². The van der Waals surface area contributed by atoms with Gasteiger partial charge in [0.1, 0.15) is 5.82 Å². The maximum atomic E-state index is 14.0. The van der Waals surface area contributed by atoms with Crippen molar-refractivity contribution in [2.75, 3.05) is 18.4 Å². The van der Waals surface area contributed by atoms with Crippen molar-refractivity contribution in [3.63, 3.8) is 0 Å². The molecule has 2 N–H and O–H groups in total. The normalized spacial score (nSPS) is 23.9. The van der Waals surface area contributed by atoms with E-state index in [1.165, 1.54) is 0 Å². The number of anilines is 1. The molecule has 1 amide bonds. The highest BCUT2D eigenvalue weighted by Gasteiger charge is 2.30. The molecule has 96 valence electrons. The Balaban J connectivity index is 1.98. The molecule has 1 atom stereocenters. The van der Waals surface area contributed by atoms with Crippen LogP contribution < -0.4 is 10.6 Å². The summed E-state index contributed by atoms with van der Waals surface area (Å²) in [6.45, 7) is 3.79. The molecule has 0 bridgehead atoms. The first-order chi connectivity index (χ1) is 8.66. The van der Waals surface area contributed by atoms with Gasteiger partial charge in [-0.25, -0.2) is 4.39 Å². The van der Waals surface area contributed by atoms with Gasteiger partial charge in [-0.2, -0.15) is 0 Å². The number of amides is 1. The van der Waals surface area contributed by atoms with Crippen molar-refractivity contribution in [1.29, 1.82) is 0 Å². The first-order valence-electron chi connectivity index (χ1n) is 6.51. The lowest BCUT2D eigenvalue weighted by molar-refractivity contribution is -0.116. The smallest absolute Gasteiger partial charge is 0.231 e. The molecule has 18 heavy (non-hydrogen) atoms. The van der Waals surface area contributed by atoms with Crippen LogP contribution in [-0.4, -0.2) is 19.0 Å². The van der Waals surface area contributed by atoms with Crippen LogP contribution in [0.15, 0.2) is 12.1 Å². The van der Waals surface area contributed by atoms with Crippen LogP contribution in [0.2, 0.25) is 0 Å². The number of benzene rings is 1. The van der Waals surface area contributed by atoms with E-state index >= 15 is 0 Å². The second-order valence-electron chi connectivity index (χ2n) is 5.20. The van der Waals surface area contributed by atoms with Crippen molar-refractivity contribution in [1.82, 2.24) is 5.32 Å². The van der Waals surface area contributed by atoms with Crippen molar-refractivity contribution in [2.45, 2.75) is 31.6 Å². The van der Waals surface area contributed by atoms with Gasteiger partial charge in [0, 0.05) is 0 Å². The van der Waals surface area contributed by atoms with E-state index in [1.807, 2.05) is 13.0 Å².